The van der Waals surface area contributed by atoms with Crippen LogP contribution in [0.1, 0.15) is 60.6 Å². The number of nitriles is 1. The fourth-order valence-corrected chi connectivity index (χ4v) is 6.03. The number of piperidine rings is 1. The van der Waals surface area contributed by atoms with E-state index in [-0.39, 0.29) is 29.3 Å². The number of nitrogens with one attached hydrogen (secondary N) is 2. The molecule has 10 heteroatoms. The van der Waals surface area contributed by atoms with Crippen LogP contribution in [0, 0.1) is 29.1 Å². The summed E-state index contributed by atoms with van der Waals surface area (Å²) in [6.07, 6.45) is 7.68. The number of hydrogen-bond acceptors (Lipinski definition) is 8. The summed E-state index contributed by atoms with van der Waals surface area (Å²) in [5, 5.41) is 21.0. The second-order valence-electron chi connectivity index (χ2n) is 10.9. The van der Waals surface area contributed by atoms with E-state index in [0.717, 1.165) is 74.3 Å². The van der Waals surface area contributed by atoms with Gasteiger partial charge in [0.05, 0.1) is 24.3 Å². The zero-order chi connectivity index (χ0) is 24.3. The number of nitrogens with zero attached hydrogens (tertiary/aromatic N) is 6. The van der Waals surface area contributed by atoms with Gasteiger partial charge >= 0.3 is 6.01 Å². The molecule has 4 aliphatic carbocycles. The van der Waals surface area contributed by atoms with Crippen LogP contribution >= 0.6 is 0 Å². The number of hydrogen-bond donors (Lipinski definition) is 2. The number of ether oxygens (including phenoxy) is 1. The number of fused-ring (bicyclic) bond motifs is 1. The van der Waals surface area contributed by atoms with Crippen molar-refractivity contribution in [3.63, 3.8) is 0 Å². The minimum absolute atomic E-state index is 0.0263. The summed E-state index contributed by atoms with van der Waals surface area (Å²) < 4.78 is 5.89. The molecule has 0 spiro atoms. The zero-order valence-corrected chi connectivity index (χ0v) is 20.0. The third-order valence-corrected chi connectivity index (χ3v) is 8.43. The van der Waals surface area contributed by atoms with Crippen LogP contribution in [0.5, 0.6) is 6.01 Å². The normalized spacial score (nSPS) is 28.6. The Morgan fingerprint density at radius 3 is 2.83 bits per heavy atom. The average Bonchev–Trinajstić information content (AvgIpc) is 3.51. The highest BCUT2D eigenvalue weighted by atomic mass is 16.5. The molecule has 2 bridgehead atoms. The van der Waals surface area contributed by atoms with E-state index in [1.807, 2.05) is 6.07 Å². The quantitative estimate of drug-likeness (QED) is 0.523. The van der Waals surface area contributed by atoms with E-state index in [4.69, 9.17) is 10.00 Å². The average molecular weight is 485 g/mol. The largest absolute Gasteiger partial charge is 0.463 e. The summed E-state index contributed by atoms with van der Waals surface area (Å²) in [5.74, 6) is 1.93. The molecule has 0 aromatic carbocycles. The highest BCUT2D eigenvalue weighted by molar-refractivity contribution is 5.94. The minimum Gasteiger partial charge on any atom is -0.463 e. The number of pyridine rings is 1. The number of rotatable bonds is 7. The number of H-pyrrole nitrogens is 1. The lowest BCUT2D eigenvalue weighted by Gasteiger charge is -2.61. The zero-order valence-electron chi connectivity index (χ0n) is 20.0. The number of aromatic amines is 1. The molecule has 4 heterocycles. The lowest BCUT2D eigenvalue weighted by Crippen LogP contribution is -2.68. The predicted octanol–water partition coefficient (Wildman–Crippen LogP) is 2.95. The second kappa shape index (κ2) is 8.15. The van der Waals surface area contributed by atoms with E-state index in [1.165, 1.54) is 0 Å². The van der Waals surface area contributed by atoms with Crippen molar-refractivity contribution in [3.05, 3.63) is 35.8 Å². The summed E-state index contributed by atoms with van der Waals surface area (Å²) in [6, 6.07) is 8.29. The molecule has 0 radical (unpaired) electrons. The van der Waals surface area contributed by atoms with Gasteiger partial charge in [0.2, 0.25) is 0 Å². The van der Waals surface area contributed by atoms with Crippen molar-refractivity contribution >= 4 is 22.8 Å². The van der Waals surface area contributed by atoms with Gasteiger partial charge in [-0.05, 0) is 56.6 Å². The molecule has 2 atom stereocenters. The molecule has 3 aromatic rings. The van der Waals surface area contributed by atoms with Gasteiger partial charge in [-0.25, -0.2) is 4.98 Å². The molecule has 2 N–H and O–H groups in total. The lowest BCUT2D eigenvalue weighted by atomic mass is 9.50. The van der Waals surface area contributed by atoms with Crippen LogP contribution < -0.4 is 15.0 Å². The molecule has 10 nitrogen and oxygen atoms in total. The van der Waals surface area contributed by atoms with Crippen molar-refractivity contribution < 1.29 is 9.53 Å². The van der Waals surface area contributed by atoms with Crippen LogP contribution in [-0.2, 0) is 0 Å². The van der Waals surface area contributed by atoms with Crippen LogP contribution in [0.25, 0.3) is 11.0 Å². The standard InChI is InChI=1S/C26H28N8O2/c27-13-17-8-18(17)14-36-25-29-20(24(35)31-26-10-15(11-26)12-26)9-21(30-25)34-6-3-16(4-7-34)22-19-2-1-5-28-23(19)33-32-22/h1-2,5,9,15-18H,3-4,6-8,10-12,14H2,(H,31,35)(H,28,32,33)/t15?,17-,18+,26?/m0/s1. The molecule has 3 aromatic heterocycles. The Bertz CT molecular complexity index is 1350. The Balaban J connectivity index is 1.09. The first kappa shape index (κ1) is 21.5. The first-order chi connectivity index (χ1) is 17.6. The van der Waals surface area contributed by atoms with E-state index in [9.17, 15) is 4.79 Å². The first-order valence-electron chi connectivity index (χ1n) is 12.9. The SMILES string of the molecule is N#C[C@@H]1C[C@@H]1COc1nc(C(=O)NC23CC(C2)C3)cc(N2CCC(c3n[nH]c4ncccc34)CC2)n1. The summed E-state index contributed by atoms with van der Waals surface area (Å²) in [4.78, 5) is 28.8. The van der Waals surface area contributed by atoms with Crippen molar-refractivity contribution in [1.82, 2.24) is 30.5 Å². The molecule has 184 valence electrons. The van der Waals surface area contributed by atoms with Crippen molar-refractivity contribution in [1.29, 1.82) is 5.26 Å². The number of aromatic nitrogens is 5. The smallest absolute Gasteiger partial charge is 0.319 e. The van der Waals surface area contributed by atoms with Crippen molar-refractivity contribution in [2.75, 3.05) is 24.6 Å². The van der Waals surface area contributed by atoms with Gasteiger partial charge in [0.25, 0.3) is 5.91 Å². The maximum atomic E-state index is 13.1. The van der Waals surface area contributed by atoms with Crippen LogP contribution in [0.2, 0.25) is 0 Å². The number of carbonyl (C=O) groups excluding carboxylic acids is 1. The minimum atomic E-state index is -0.159. The van der Waals surface area contributed by atoms with E-state index in [1.54, 1.807) is 12.3 Å². The predicted molar refractivity (Wildman–Crippen MR) is 130 cm³/mol. The van der Waals surface area contributed by atoms with Crippen molar-refractivity contribution in [2.45, 2.75) is 50.0 Å². The van der Waals surface area contributed by atoms with Gasteiger partial charge in [-0.15, -0.1) is 0 Å². The third-order valence-electron chi connectivity index (χ3n) is 8.43. The summed E-state index contributed by atoms with van der Waals surface area (Å²) in [7, 11) is 0. The van der Waals surface area contributed by atoms with Gasteiger partial charge in [-0.1, -0.05) is 0 Å². The van der Waals surface area contributed by atoms with E-state index >= 15 is 0 Å². The maximum Gasteiger partial charge on any atom is 0.319 e. The molecular formula is C26H28N8O2. The van der Waals surface area contributed by atoms with Crippen LogP contribution in [-0.4, -0.2) is 56.3 Å². The maximum absolute atomic E-state index is 13.1. The number of anilines is 1. The van der Waals surface area contributed by atoms with Gasteiger partial charge in [0.1, 0.15) is 11.5 Å². The molecular weight excluding hydrogens is 456 g/mol. The Morgan fingerprint density at radius 1 is 1.28 bits per heavy atom. The molecule has 1 aliphatic heterocycles. The van der Waals surface area contributed by atoms with E-state index < -0.39 is 0 Å². The molecule has 1 saturated heterocycles. The fraction of sp³-hybridized carbons (Fsp3) is 0.538. The Morgan fingerprint density at radius 2 is 2.11 bits per heavy atom. The van der Waals surface area contributed by atoms with Crippen molar-refractivity contribution in [2.24, 2.45) is 17.8 Å². The fourth-order valence-electron chi connectivity index (χ4n) is 6.03. The van der Waals surface area contributed by atoms with Gasteiger partial charge in [0.15, 0.2) is 5.65 Å². The van der Waals surface area contributed by atoms with Crippen molar-refractivity contribution in [3.8, 4) is 12.1 Å². The molecule has 5 fully saturated rings. The highest BCUT2D eigenvalue weighted by Gasteiger charge is 2.57. The van der Waals surface area contributed by atoms with E-state index in [2.05, 4.69) is 47.5 Å². The third kappa shape index (κ3) is 3.74. The van der Waals surface area contributed by atoms with Gasteiger partial charge < -0.3 is 15.0 Å². The Kier molecular flexibility index (Phi) is 4.88. The molecule has 8 rings (SSSR count). The molecule has 5 aliphatic rings. The Hall–Kier alpha value is -3.74. The topological polar surface area (TPSA) is 133 Å². The van der Waals surface area contributed by atoms with Crippen LogP contribution in [0.4, 0.5) is 5.82 Å². The molecule has 36 heavy (non-hydrogen) atoms. The van der Waals surface area contributed by atoms with E-state index in [0.29, 0.717) is 24.0 Å². The lowest BCUT2D eigenvalue weighted by molar-refractivity contribution is -0.0439. The summed E-state index contributed by atoms with van der Waals surface area (Å²) in [6.45, 7) is 1.99. The summed E-state index contributed by atoms with van der Waals surface area (Å²) >= 11 is 0. The highest BCUT2D eigenvalue weighted by Crippen LogP contribution is 2.57. The molecule has 0 unspecified atom stereocenters. The van der Waals surface area contributed by atoms with Gasteiger partial charge in [0, 0.05) is 48.1 Å². The second-order valence-corrected chi connectivity index (χ2v) is 10.9. The summed E-state index contributed by atoms with van der Waals surface area (Å²) in [5.41, 5.74) is 2.21. The molecule has 1 amide bonds. The Labute approximate surface area is 208 Å². The number of carbonyl (C=O) groups is 1. The van der Waals surface area contributed by atoms with Gasteiger partial charge in [-0.2, -0.15) is 20.3 Å². The molecule has 4 saturated carbocycles. The van der Waals surface area contributed by atoms with Gasteiger partial charge in [-0.3, -0.25) is 9.89 Å². The first-order valence-corrected chi connectivity index (χ1v) is 12.9. The van der Waals surface area contributed by atoms with Crippen LogP contribution in [0.15, 0.2) is 24.4 Å². The monoisotopic (exact) mass is 484 g/mol. The van der Waals surface area contributed by atoms with Crippen LogP contribution in [0.3, 0.4) is 0 Å². The number of amides is 1.